The van der Waals surface area contributed by atoms with Crippen molar-refractivity contribution in [2.75, 3.05) is 14.2 Å². The summed E-state index contributed by atoms with van der Waals surface area (Å²) in [4.78, 5) is 26.1. The van der Waals surface area contributed by atoms with Crippen LogP contribution in [0.2, 0.25) is 0 Å². The Kier molecular flexibility index (Phi) is 7.93. The molecule has 1 spiro atoms. The number of hydrogen-bond donors (Lipinski definition) is 1. The van der Waals surface area contributed by atoms with Gasteiger partial charge >= 0.3 is 5.97 Å². The zero-order chi connectivity index (χ0) is 25.3. The van der Waals surface area contributed by atoms with E-state index in [1.807, 2.05) is 25.1 Å². The van der Waals surface area contributed by atoms with Gasteiger partial charge in [0.15, 0.2) is 5.78 Å². The van der Waals surface area contributed by atoms with Crippen LogP contribution in [0.25, 0.3) is 0 Å². The van der Waals surface area contributed by atoms with Crippen LogP contribution in [0.4, 0.5) is 0 Å². The molecule has 1 aromatic carbocycles. The Morgan fingerprint density at radius 3 is 2.56 bits per heavy atom. The van der Waals surface area contributed by atoms with E-state index in [4.69, 9.17) is 14.2 Å². The van der Waals surface area contributed by atoms with E-state index in [1.165, 1.54) is 7.11 Å². The molecule has 1 N–H and O–H groups in total. The second kappa shape index (κ2) is 10.2. The van der Waals surface area contributed by atoms with Crippen molar-refractivity contribution in [3.63, 3.8) is 0 Å². The fraction of sp³-hybridized carbons (Fsp3) is 0.643. The van der Waals surface area contributed by atoms with E-state index in [2.05, 4.69) is 33.8 Å². The summed E-state index contributed by atoms with van der Waals surface area (Å²) in [5.41, 5.74) is -0.534. The molecule has 6 heteroatoms. The van der Waals surface area contributed by atoms with Crippen LogP contribution in [0.15, 0.2) is 36.4 Å². The first-order valence-corrected chi connectivity index (χ1v) is 12.3. The molecule has 2 aliphatic rings. The maximum absolute atomic E-state index is 13.2. The highest BCUT2D eigenvalue weighted by Crippen LogP contribution is 2.54. The fourth-order valence-electron chi connectivity index (χ4n) is 6.01. The molecule has 1 aliphatic heterocycles. The molecule has 1 fully saturated rings. The summed E-state index contributed by atoms with van der Waals surface area (Å²) >= 11 is 0. The summed E-state index contributed by atoms with van der Waals surface area (Å²) in [5, 5.41) is 9.84. The number of carbonyl (C=O) groups excluding carboxylic acids is 2. The Morgan fingerprint density at radius 1 is 1.24 bits per heavy atom. The van der Waals surface area contributed by atoms with E-state index in [-0.39, 0.29) is 41.5 Å². The van der Waals surface area contributed by atoms with Gasteiger partial charge in [0.25, 0.3) is 0 Å². The minimum atomic E-state index is -1.04. The van der Waals surface area contributed by atoms with E-state index in [0.29, 0.717) is 6.42 Å². The van der Waals surface area contributed by atoms with E-state index in [9.17, 15) is 14.7 Å². The fourth-order valence-corrected chi connectivity index (χ4v) is 6.01. The summed E-state index contributed by atoms with van der Waals surface area (Å²) in [6, 6.07) is 7.15. The molecule has 0 bridgehead atoms. The van der Waals surface area contributed by atoms with Gasteiger partial charge in [0.05, 0.1) is 19.3 Å². The molecule has 1 aliphatic carbocycles. The van der Waals surface area contributed by atoms with Gasteiger partial charge in [-0.25, -0.2) is 0 Å². The van der Waals surface area contributed by atoms with Crippen LogP contribution in [-0.2, 0) is 23.8 Å². The number of rotatable bonds is 7. The lowest BCUT2D eigenvalue weighted by molar-refractivity contribution is -0.215. The van der Waals surface area contributed by atoms with Gasteiger partial charge in [-0.1, -0.05) is 58.9 Å². The second-order valence-corrected chi connectivity index (χ2v) is 10.8. The van der Waals surface area contributed by atoms with Crippen LogP contribution >= 0.6 is 0 Å². The molecular formula is C28H40O6. The molecule has 0 saturated heterocycles. The highest BCUT2D eigenvalue weighted by molar-refractivity contribution is 6.02. The van der Waals surface area contributed by atoms with E-state index in [1.54, 1.807) is 19.2 Å². The van der Waals surface area contributed by atoms with Crippen LogP contribution < -0.4 is 0 Å². The van der Waals surface area contributed by atoms with E-state index >= 15 is 0 Å². The molecule has 7 atom stereocenters. The summed E-state index contributed by atoms with van der Waals surface area (Å²) in [6.45, 7) is 10.3. The van der Waals surface area contributed by atoms with Crippen molar-refractivity contribution in [1.82, 2.24) is 0 Å². The average Bonchev–Trinajstić information content (AvgIpc) is 2.79. The molecule has 1 heterocycles. The molecule has 188 valence electrons. The van der Waals surface area contributed by atoms with Gasteiger partial charge in [0.1, 0.15) is 17.3 Å². The smallest absolute Gasteiger partial charge is 0.319 e. The second-order valence-electron chi connectivity index (χ2n) is 10.8. The monoisotopic (exact) mass is 472 g/mol. The molecular weight excluding hydrogens is 432 g/mol. The highest BCUT2D eigenvalue weighted by atomic mass is 16.5. The third-order valence-electron chi connectivity index (χ3n) is 7.98. The normalized spacial score (nSPS) is 32.4. The SMILES string of the molecule is COC(=O)[C@@H]1C(=O)[C@H](C)CC(C)(C)[C@@]12C=C[C@H](C)[C@@H]([C@@H](C)CC[C@H](OC)c1cccc(O)c1)O2. The topological polar surface area (TPSA) is 82.1 Å². The van der Waals surface area contributed by atoms with Crippen molar-refractivity contribution in [1.29, 1.82) is 0 Å². The molecule has 0 radical (unpaired) electrons. The van der Waals surface area contributed by atoms with Crippen LogP contribution in [0.1, 0.15) is 65.5 Å². The number of methoxy groups -OCH3 is 2. The van der Waals surface area contributed by atoms with E-state index in [0.717, 1.165) is 18.4 Å². The first kappa shape index (κ1) is 26.4. The minimum Gasteiger partial charge on any atom is -0.508 e. The Balaban J connectivity index is 1.85. The first-order valence-electron chi connectivity index (χ1n) is 12.3. The summed E-state index contributed by atoms with van der Waals surface area (Å²) in [7, 11) is 3.01. The van der Waals surface area contributed by atoms with Gasteiger partial charge in [-0.05, 0) is 48.3 Å². The number of aromatic hydroxyl groups is 1. The number of hydrogen-bond acceptors (Lipinski definition) is 6. The van der Waals surface area contributed by atoms with Crippen molar-refractivity contribution in [3.8, 4) is 5.75 Å². The molecule has 34 heavy (non-hydrogen) atoms. The lowest BCUT2D eigenvalue weighted by Crippen LogP contribution is -2.65. The third kappa shape index (κ3) is 4.80. The molecule has 1 saturated carbocycles. The number of ether oxygens (including phenoxy) is 3. The predicted octanol–water partition coefficient (Wildman–Crippen LogP) is 5.25. The first-order chi connectivity index (χ1) is 16.0. The van der Waals surface area contributed by atoms with Crippen LogP contribution in [0, 0.1) is 29.1 Å². The predicted molar refractivity (Wildman–Crippen MR) is 130 cm³/mol. The highest BCUT2D eigenvalue weighted by Gasteiger charge is 2.63. The third-order valence-corrected chi connectivity index (χ3v) is 7.98. The van der Waals surface area contributed by atoms with Gasteiger partial charge in [-0.3, -0.25) is 9.59 Å². The van der Waals surface area contributed by atoms with Crippen molar-refractivity contribution >= 4 is 11.8 Å². The quantitative estimate of drug-likeness (QED) is 0.332. The minimum absolute atomic E-state index is 0.111. The van der Waals surface area contributed by atoms with Crippen LogP contribution in [-0.4, -0.2) is 42.8 Å². The molecule has 3 rings (SSSR count). The van der Waals surface area contributed by atoms with Gasteiger partial charge in [0, 0.05) is 18.9 Å². The van der Waals surface area contributed by atoms with Crippen LogP contribution in [0.3, 0.4) is 0 Å². The maximum Gasteiger partial charge on any atom is 0.319 e. The van der Waals surface area contributed by atoms with Crippen LogP contribution in [0.5, 0.6) is 5.75 Å². The van der Waals surface area contributed by atoms with Crippen molar-refractivity contribution in [2.24, 2.45) is 29.1 Å². The van der Waals surface area contributed by atoms with E-state index < -0.39 is 22.9 Å². The number of Topliss-reactive ketones (excluding diaryl/α,β-unsaturated/α-hetero) is 1. The largest absolute Gasteiger partial charge is 0.508 e. The van der Waals surface area contributed by atoms with Gasteiger partial charge in [-0.2, -0.15) is 0 Å². The number of ketones is 1. The number of esters is 1. The molecule has 0 unspecified atom stereocenters. The molecule has 1 aromatic rings. The zero-order valence-electron chi connectivity index (χ0n) is 21.5. The Hall–Kier alpha value is -2.18. The van der Waals surface area contributed by atoms with Gasteiger partial charge < -0.3 is 19.3 Å². The van der Waals surface area contributed by atoms with Crippen molar-refractivity contribution < 1.29 is 28.9 Å². The lowest BCUT2D eigenvalue weighted by Gasteiger charge is -2.56. The summed E-state index contributed by atoms with van der Waals surface area (Å²) in [5.74, 6) is -1.36. The number of phenols is 1. The van der Waals surface area contributed by atoms with Crippen molar-refractivity contribution in [2.45, 2.75) is 71.7 Å². The number of benzene rings is 1. The average molecular weight is 473 g/mol. The summed E-state index contributed by atoms with van der Waals surface area (Å²) in [6.07, 6.45) is 5.97. The zero-order valence-corrected chi connectivity index (χ0v) is 21.5. The van der Waals surface area contributed by atoms with Gasteiger partial charge in [-0.15, -0.1) is 0 Å². The molecule has 0 aromatic heterocycles. The Labute approximate surface area is 203 Å². The molecule has 6 nitrogen and oxygen atoms in total. The van der Waals surface area contributed by atoms with Crippen molar-refractivity contribution in [3.05, 3.63) is 42.0 Å². The number of carbonyl (C=O) groups is 2. The Bertz CT molecular complexity index is 921. The summed E-state index contributed by atoms with van der Waals surface area (Å²) < 4.78 is 17.7. The standard InChI is InChI=1S/C28H40O6/c1-17(11-12-22(32-6)20-9-8-10-21(29)15-20)25-18(2)13-14-28(34-25)23(26(31)33-7)24(30)19(3)16-27(28,4)5/h8-10,13-15,17-19,22-23,25,29H,11-12,16H2,1-7H3/t17-,18-,19+,22-,23-,25+,28+/m0/s1. The Morgan fingerprint density at radius 2 is 1.94 bits per heavy atom. The van der Waals surface area contributed by atoms with Gasteiger partial charge in [0.2, 0.25) is 0 Å². The maximum atomic E-state index is 13.2. The molecule has 0 amide bonds. The number of phenolic OH excluding ortho intramolecular Hbond substituents is 1. The lowest BCUT2D eigenvalue weighted by atomic mass is 9.55.